The number of dihydropyridines is 1. The SMILES string of the molecule is COC1=NCC(O)=CC1C(C)C. The van der Waals surface area contributed by atoms with E-state index in [1.165, 1.54) is 0 Å². The predicted molar refractivity (Wildman–Crippen MR) is 48.4 cm³/mol. The zero-order chi connectivity index (χ0) is 9.14. The number of aliphatic imine (C=N–C) groups is 1. The average Bonchev–Trinajstić information content (AvgIpc) is 2.04. The maximum Gasteiger partial charge on any atom is 0.190 e. The van der Waals surface area contributed by atoms with Crippen molar-refractivity contribution in [3.05, 3.63) is 11.8 Å². The lowest BCUT2D eigenvalue weighted by Crippen LogP contribution is -2.24. The zero-order valence-corrected chi connectivity index (χ0v) is 7.74. The van der Waals surface area contributed by atoms with Crippen molar-refractivity contribution in [2.45, 2.75) is 13.8 Å². The van der Waals surface area contributed by atoms with Crippen molar-refractivity contribution in [2.75, 3.05) is 13.7 Å². The van der Waals surface area contributed by atoms with Crippen molar-refractivity contribution in [3.8, 4) is 0 Å². The van der Waals surface area contributed by atoms with E-state index in [-0.39, 0.29) is 5.92 Å². The molecule has 1 N–H and O–H groups in total. The van der Waals surface area contributed by atoms with Crippen molar-refractivity contribution in [2.24, 2.45) is 16.8 Å². The van der Waals surface area contributed by atoms with E-state index in [4.69, 9.17) is 4.74 Å². The number of methoxy groups -OCH3 is 1. The van der Waals surface area contributed by atoms with Crippen molar-refractivity contribution in [1.29, 1.82) is 0 Å². The fourth-order valence-electron chi connectivity index (χ4n) is 1.27. The third-order valence-corrected chi connectivity index (χ3v) is 1.98. The summed E-state index contributed by atoms with van der Waals surface area (Å²) in [6, 6.07) is 0. The summed E-state index contributed by atoms with van der Waals surface area (Å²) in [6.45, 7) is 4.51. The van der Waals surface area contributed by atoms with Gasteiger partial charge in [0.05, 0.1) is 19.6 Å². The fourth-order valence-corrected chi connectivity index (χ4v) is 1.27. The first-order valence-electron chi connectivity index (χ1n) is 4.13. The third kappa shape index (κ3) is 1.78. The van der Waals surface area contributed by atoms with Gasteiger partial charge >= 0.3 is 0 Å². The minimum absolute atomic E-state index is 0.128. The van der Waals surface area contributed by atoms with Gasteiger partial charge in [0.25, 0.3) is 0 Å². The van der Waals surface area contributed by atoms with Crippen LogP contribution in [0, 0.1) is 11.8 Å². The summed E-state index contributed by atoms with van der Waals surface area (Å²) in [6.07, 6.45) is 1.82. The smallest absolute Gasteiger partial charge is 0.190 e. The molecule has 0 aliphatic carbocycles. The number of nitrogens with zero attached hydrogens (tertiary/aromatic N) is 1. The average molecular weight is 169 g/mol. The summed E-state index contributed by atoms with van der Waals surface area (Å²) in [5.41, 5.74) is 0. The second kappa shape index (κ2) is 3.61. The molecule has 0 aromatic heterocycles. The first-order chi connectivity index (χ1) is 5.65. The Bertz CT molecular complexity index is 219. The van der Waals surface area contributed by atoms with E-state index in [1.54, 1.807) is 7.11 Å². The summed E-state index contributed by atoms with van der Waals surface area (Å²) < 4.78 is 5.11. The summed E-state index contributed by atoms with van der Waals surface area (Å²) in [7, 11) is 1.62. The summed E-state index contributed by atoms with van der Waals surface area (Å²) in [5, 5.41) is 9.24. The molecule has 0 bridgehead atoms. The largest absolute Gasteiger partial charge is 0.511 e. The van der Waals surface area contributed by atoms with Gasteiger partial charge in [-0.25, -0.2) is 4.99 Å². The van der Waals surface area contributed by atoms with Crippen LogP contribution in [0.25, 0.3) is 0 Å². The van der Waals surface area contributed by atoms with Gasteiger partial charge in [-0.15, -0.1) is 0 Å². The second-order valence-electron chi connectivity index (χ2n) is 3.29. The Morgan fingerprint density at radius 2 is 2.33 bits per heavy atom. The van der Waals surface area contributed by atoms with Crippen molar-refractivity contribution < 1.29 is 9.84 Å². The number of aliphatic hydroxyl groups is 1. The molecule has 0 saturated carbocycles. The molecule has 0 saturated heterocycles. The molecule has 0 fully saturated rings. The van der Waals surface area contributed by atoms with Crippen molar-refractivity contribution in [3.63, 3.8) is 0 Å². The zero-order valence-electron chi connectivity index (χ0n) is 7.74. The third-order valence-electron chi connectivity index (χ3n) is 1.98. The minimum Gasteiger partial charge on any atom is -0.511 e. The van der Waals surface area contributed by atoms with Gasteiger partial charge in [-0.1, -0.05) is 13.8 Å². The first-order valence-corrected chi connectivity index (χ1v) is 4.13. The molecule has 1 aliphatic rings. The molecule has 1 atom stereocenters. The first kappa shape index (κ1) is 9.10. The van der Waals surface area contributed by atoms with Crippen LogP contribution in [0.5, 0.6) is 0 Å². The lowest BCUT2D eigenvalue weighted by Gasteiger charge is -2.21. The van der Waals surface area contributed by atoms with E-state index >= 15 is 0 Å². The van der Waals surface area contributed by atoms with Crippen LogP contribution in [0.3, 0.4) is 0 Å². The Kier molecular flexibility index (Phi) is 2.74. The fraction of sp³-hybridized carbons (Fsp3) is 0.667. The summed E-state index contributed by atoms with van der Waals surface area (Å²) in [5.74, 6) is 1.60. The van der Waals surface area contributed by atoms with E-state index in [9.17, 15) is 5.11 Å². The van der Waals surface area contributed by atoms with E-state index in [0.717, 1.165) is 5.90 Å². The van der Waals surface area contributed by atoms with Gasteiger partial charge in [-0.05, 0) is 12.0 Å². The van der Waals surface area contributed by atoms with Crippen LogP contribution in [0.4, 0.5) is 0 Å². The Labute approximate surface area is 72.8 Å². The maximum atomic E-state index is 9.24. The minimum atomic E-state index is 0.128. The van der Waals surface area contributed by atoms with Gasteiger partial charge in [-0.2, -0.15) is 0 Å². The molecular formula is C9H15NO2. The lowest BCUT2D eigenvalue weighted by molar-refractivity contribution is 0.331. The number of hydrogen-bond acceptors (Lipinski definition) is 3. The molecule has 0 spiro atoms. The van der Waals surface area contributed by atoms with E-state index in [1.807, 2.05) is 6.08 Å². The second-order valence-corrected chi connectivity index (χ2v) is 3.29. The maximum absolute atomic E-state index is 9.24. The van der Waals surface area contributed by atoms with Crippen molar-refractivity contribution in [1.82, 2.24) is 0 Å². The molecule has 0 amide bonds. The Morgan fingerprint density at radius 1 is 1.67 bits per heavy atom. The molecule has 0 aromatic rings. The summed E-state index contributed by atoms with van der Waals surface area (Å²) >= 11 is 0. The standard InChI is InChI=1S/C9H15NO2/c1-6(2)8-4-7(11)5-10-9(8)12-3/h4,6,8,11H,5H2,1-3H3. The molecule has 68 valence electrons. The molecule has 12 heavy (non-hydrogen) atoms. The molecule has 1 unspecified atom stereocenters. The number of rotatable bonds is 1. The molecule has 0 radical (unpaired) electrons. The summed E-state index contributed by atoms with van der Waals surface area (Å²) in [4.78, 5) is 4.11. The van der Waals surface area contributed by atoms with Crippen LogP contribution in [0.1, 0.15) is 13.8 Å². The molecule has 1 aliphatic heterocycles. The number of aliphatic hydroxyl groups excluding tert-OH is 1. The van der Waals surface area contributed by atoms with Gasteiger partial charge in [0.15, 0.2) is 5.90 Å². The molecular weight excluding hydrogens is 154 g/mol. The Balaban J connectivity index is 2.77. The predicted octanol–water partition coefficient (Wildman–Crippen LogP) is 1.76. The molecule has 3 heteroatoms. The van der Waals surface area contributed by atoms with Crippen LogP contribution >= 0.6 is 0 Å². The highest BCUT2D eigenvalue weighted by molar-refractivity contribution is 5.81. The Morgan fingerprint density at radius 3 is 2.83 bits per heavy atom. The van der Waals surface area contributed by atoms with Crippen LogP contribution in [0.2, 0.25) is 0 Å². The monoisotopic (exact) mass is 169 g/mol. The van der Waals surface area contributed by atoms with Gasteiger partial charge in [0.2, 0.25) is 0 Å². The quantitative estimate of drug-likeness (QED) is 0.649. The highest BCUT2D eigenvalue weighted by atomic mass is 16.5. The van der Waals surface area contributed by atoms with Gasteiger partial charge in [0, 0.05) is 0 Å². The number of hydrogen-bond donors (Lipinski definition) is 1. The lowest BCUT2D eigenvalue weighted by atomic mass is 9.93. The van der Waals surface area contributed by atoms with Gasteiger partial charge < -0.3 is 9.84 Å². The van der Waals surface area contributed by atoms with Gasteiger partial charge in [0.1, 0.15) is 5.76 Å². The van der Waals surface area contributed by atoms with Crippen molar-refractivity contribution >= 4 is 5.90 Å². The van der Waals surface area contributed by atoms with Crippen LogP contribution in [-0.2, 0) is 4.74 Å². The van der Waals surface area contributed by atoms with Crippen LogP contribution in [0.15, 0.2) is 16.8 Å². The molecule has 1 rings (SSSR count). The van der Waals surface area contributed by atoms with E-state index in [2.05, 4.69) is 18.8 Å². The Hall–Kier alpha value is -0.990. The van der Waals surface area contributed by atoms with E-state index in [0.29, 0.717) is 18.2 Å². The molecule has 1 heterocycles. The molecule has 3 nitrogen and oxygen atoms in total. The van der Waals surface area contributed by atoms with Crippen LogP contribution < -0.4 is 0 Å². The topological polar surface area (TPSA) is 41.8 Å². The van der Waals surface area contributed by atoms with Gasteiger partial charge in [-0.3, -0.25) is 0 Å². The highest BCUT2D eigenvalue weighted by Gasteiger charge is 2.22. The normalized spacial score (nSPS) is 23.5. The van der Waals surface area contributed by atoms with E-state index < -0.39 is 0 Å². The molecule has 0 aromatic carbocycles. The van der Waals surface area contributed by atoms with Crippen LogP contribution in [-0.4, -0.2) is 24.7 Å². The highest BCUT2D eigenvalue weighted by Crippen LogP contribution is 2.20. The number of ether oxygens (including phenoxy) is 1.